The molecule has 0 saturated heterocycles. The predicted molar refractivity (Wildman–Crippen MR) is 81.2 cm³/mol. The van der Waals surface area contributed by atoms with Gasteiger partial charge in [0.1, 0.15) is 5.75 Å². The second-order valence-electron chi connectivity index (χ2n) is 4.59. The number of quaternary nitrogens is 1. The van der Waals surface area contributed by atoms with E-state index in [0.717, 1.165) is 26.9 Å². The number of benzene rings is 1. The molecule has 130 valence electrons. The van der Waals surface area contributed by atoms with Crippen molar-refractivity contribution in [1.82, 2.24) is 5.43 Å². The first-order valence-corrected chi connectivity index (χ1v) is 7.86. The molecule has 0 aromatic heterocycles. The highest BCUT2D eigenvalue weighted by Gasteiger charge is 2.26. The zero-order valence-corrected chi connectivity index (χ0v) is 14.1. The van der Waals surface area contributed by atoms with Crippen LogP contribution in [0.15, 0.2) is 28.2 Å². The fourth-order valence-corrected chi connectivity index (χ4v) is 2.29. The lowest BCUT2D eigenvalue weighted by Gasteiger charge is -2.20. The van der Waals surface area contributed by atoms with Gasteiger partial charge in [-0.3, -0.25) is 9.69 Å². The lowest BCUT2D eigenvalue weighted by atomic mass is 10.1. The molecule has 0 radical (unpaired) electrons. The average molecular weight is 354 g/mol. The van der Waals surface area contributed by atoms with Crippen LogP contribution in [0, 0.1) is 0 Å². The Hall–Kier alpha value is -2.59. The van der Waals surface area contributed by atoms with Gasteiger partial charge in [0.15, 0.2) is 6.54 Å². The maximum atomic E-state index is 11.2. The molecule has 1 aliphatic rings. The van der Waals surface area contributed by atoms with Gasteiger partial charge in [0.25, 0.3) is 11.7 Å². The fourth-order valence-electron chi connectivity index (χ4n) is 1.86. The second-order valence-corrected chi connectivity index (χ2v) is 5.47. The predicted octanol–water partition coefficient (Wildman–Crippen LogP) is -3.79. The van der Waals surface area contributed by atoms with Crippen LogP contribution in [0.25, 0.3) is 0 Å². The van der Waals surface area contributed by atoms with Gasteiger partial charge in [-0.1, -0.05) is 0 Å². The Morgan fingerprint density at radius 3 is 2.42 bits per heavy atom. The van der Waals surface area contributed by atoms with Crippen molar-refractivity contribution in [3.63, 3.8) is 0 Å². The standard InChI is InChI=1S/C12H15N3O2S.C2H2O4/c1-15-7-11(16)13-14-12(15)9-5-4-8(18-3)6-10(9)17-2;3-1(4)2(5)6/h4-6H,7H2,1-3H3,(H,13,16);(H,3,4)(H,5,6)/p-1. The Kier molecular flexibility index (Phi) is 7.21. The van der Waals surface area contributed by atoms with Crippen molar-refractivity contribution in [2.45, 2.75) is 4.90 Å². The maximum Gasteiger partial charge on any atom is 0.295 e. The number of methoxy groups -OCH3 is 1. The van der Waals surface area contributed by atoms with Crippen LogP contribution in [0.1, 0.15) is 5.56 Å². The third-order valence-corrected chi connectivity index (χ3v) is 3.68. The van der Waals surface area contributed by atoms with Crippen LogP contribution in [0.4, 0.5) is 0 Å². The maximum absolute atomic E-state index is 11.2. The number of amidine groups is 1. The molecule has 9 nitrogen and oxygen atoms in total. The molecule has 1 heterocycles. The molecule has 0 aliphatic carbocycles. The lowest BCUT2D eigenvalue weighted by molar-refractivity contribution is -0.774. The molecule has 1 aromatic carbocycles. The quantitative estimate of drug-likeness (QED) is 0.420. The first kappa shape index (κ1) is 19.5. The summed E-state index contributed by atoms with van der Waals surface area (Å²) in [4.78, 5) is 31.2. The van der Waals surface area contributed by atoms with Crippen molar-refractivity contribution in [2.24, 2.45) is 5.10 Å². The van der Waals surface area contributed by atoms with Gasteiger partial charge in [-0.25, -0.2) is 5.43 Å². The minimum Gasteiger partial charge on any atom is -0.543 e. The molecule has 1 atom stereocenters. The summed E-state index contributed by atoms with van der Waals surface area (Å²) in [6.45, 7) is 0.381. The van der Waals surface area contributed by atoms with E-state index in [4.69, 9.17) is 24.5 Å². The first-order chi connectivity index (χ1) is 11.3. The molecular formula is C14H16N3O6S-. The number of carboxylic acid groups (broad SMARTS) is 2. The summed E-state index contributed by atoms with van der Waals surface area (Å²) in [5.74, 6) is -2.88. The average Bonchev–Trinajstić information content (AvgIpc) is 2.55. The van der Waals surface area contributed by atoms with E-state index >= 15 is 0 Å². The van der Waals surface area contributed by atoms with E-state index in [2.05, 4.69) is 10.5 Å². The number of nitrogens with zero attached hydrogens (tertiary/aromatic N) is 1. The number of carbonyl (C=O) groups excluding carboxylic acids is 3. The van der Waals surface area contributed by atoms with Gasteiger partial charge in [-0.05, 0) is 24.5 Å². The summed E-state index contributed by atoms with van der Waals surface area (Å²) in [5, 5.41) is 22.0. The van der Waals surface area contributed by atoms with Crippen LogP contribution < -0.4 is 25.3 Å². The molecule has 10 heteroatoms. The molecule has 0 saturated carbocycles. The number of hydrogen-bond donors (Lipinski definition) is 2. The number of nitrogens with one attached hydrogen (secondary N) is 2. The van der Waals surface area contributed by atoms with Gasteiger partial charge in [0.05, 0.1) is 31.7 Å². The normalized spacial score (nSPS) is 16.2. The van der Waals surface area contributed by atoms with Gasteiger partial charge in [-0.15, -0.1) is 16.9 Å². The van der Waals surface area contributed by atoms with Gasteiger partial charge in [0.2, 0.25) is 0 Å². The Morgan fingerprint density at radius 2 is 1.96 bits per heavy atom. The molecule has 0 spiro atoms. The minimum atomic E-state index is -2.19. The first-order valence-electron chi connectivity index (χ1n) is 6.64. The zero-order valence-electron chi connectivity index (χ0n) is 13.2. The van der Waals surface area contributed by atoms with Crippen molar-refractivity contribution < 1.29 is 34.2 Å². The Balaban J connectivity index is 0.000000413. The number of hydrazone groups is 1. The van der Waals surface area contributed by atoms with E-state index in [-0.39, 0.29) is 5.91 Å². The van der Waals surface area contributed by atoms with Crippen LogP contribution in [0.5, 0.6) is 5.75 Å². The van der Waals surface area contributed by atoms with Gasteiger partial charge in [-0.2, -0.15) is 0 Å². The number of rotatable bonds is 3. The summed E-state index contributed by atoms with van der Waals surface area (Å²) < 4.78 is 5.40. The topological polar surface area (TPSA) is 135 Å². The van der Waals surface area contributed by atoms with Crippen molar-refractivity contribution >= 4 is 35.4 Å². The Labute approximate surface area is 142 Å². The molecule has 0 bridgehead atoms. The number of aliphatic carboxylic acids is 2. The van der Waals surface area contributed by atoms with Gasteiger partial charge < -0.3 is 24.5 Å². The molecule has 1 unspecified atom stereocenters. The summed E-state index contributed by atoms with van der Waals surface area (Å²) in [5.41, 5.74) is 3.42. The van der Waals surface area contributed by atoms with Crippen LogP contribution in [0.3, 0.4) is 0 Å². The van der Waals surface area contributed by atoms with E-state index in [9.17, 15) is 4.79 Å². The summed E-state index contributed by atoms with van der Waals surface area (Å²) in [6.07, 6.45) is 2.02. The third kappa shape index (κ3) is 5.25. The highest BCUT2D eigenvalue weighted by Crippen LogP contribution is 2.25. The van der Waals surface area contributed by atoms with E-state index in [1.165, 1.54) is 0 Å². The number of hydrogen-bond acceptors (Lipinski definition) is 8. The molecule has 1 aliphatic heterocycles. The molecule has 2 rings (SSSR count). The number of amides is 1. The van der Waals surface area contributed by atoms with Crippen molar-refractivity contribution in [3.8, 4) is 5.75 Å². The largest absolute Gasteiger partial charge is 0.543 e. The molecule has 2 N–H and O–H groups in total. The molecule has 0 fully saturated rings. The van der Waals surface area contributed by atoms with E-state index < -0.39 is 11.9 Å². The number of carboxylic acids is 2. The highest BCUT2D eigenvalue weighted by molar-refractivity contribution is 7.98. The van der Waals surface area contributed by atoms with Crippen molar-refractivity contribution in [1.29, 1.82) is 0 Å². The third-order valence-electron chi connectivity index (χ3n) is 2.95. The number of thioether (sulfide) groups is 1. The van der Waals surface area contributed by atoms with Gasteiger partial charge in [0, 0.05) is 4.90 Å². The number of carbonyl (C=O) groups is 3. The number of likely N-dealkylation sites (N-methyl/N-ethyl adjacent to an activating group) is 1. The highest BCUT2D eigenvalue weighted by atomic mass is 32.2. The van der Waals surface area contributed by atoms with E-state index in [0.29, 0.717) is 6.54 Å². The van der Waals surface area contributed by atoms with Crippen LogP contribution in [-0.2, 0) is 14.4 Å². The smallest absolute Gasteiger partial charge is 0.295 e. The van der Waals surface area contributed by atoms with E-state index in [1.54, 1.807) is 18.9 Å². The monoisotopic (exact) mass is 354 g/mol. The summed E-state index contributed by atoms with van der Waals surface area (Å²) >= 11 is 1.66. The summed E-state index contributed by atoms with van der Waals surface area (Å²) in [6, 6.07) is 5.98. The molecular weight excluding hydrogens is 338 g/mol. The SMILES string of the molecule is COc1cc(SC)ccc1C1=NNC(=O)C[NH+]1C.O=C([O-])C(=O)[O-]. The summed E-state index contributed by atoms with van der Waals surface area (Å²) in [7, 11) is 3.56. The number of ether oxygens (including phenoxy) is 1. The van der Waals surface area contributed by atoms with Crippen molar-refractivity contribution in [3.05, 3.63) is 23.8 Å². The molecule has 1 aromatic rings. The Morgan fingerprint density at radius 1 is 1.33 bits per heavy atom. The van der Waals surface area contributed by atoms with Crippen LogP contribution in [0.2, 0.25) is 0 Å². The fraction of sp³-hybridized carbons (Fsp3) is 0.286. The van der Waals surface area contributed by atoms with Crippen molar-refractivity contribution in [2.75, 3.05) is 27.0 Å². The lowest BCUT2D eigenvalue weighted by Crippen LogP contribution is -3.14. The van der Waals surface area contributed by atoms with E-state index in [1.807, 2.05) is 31.5 Å². The molecule has 1 amide bonds. The zero-order chi connectivity index (χ0) is 18.3. The minimum absolute atomic E-state index is 0.0732. The Bertz CT molecular complexity index is 664. The van der Waals surface area contributed by atoms with Crippen LogP contribution >= 0.6 is 11.8 Å². The molecule has 24 heavy (non-hydrogen) atoms. The van der Waals surface area contributed by atoms with Gasteiger partial charge >= 0.3 is 0 Å². The second kappa shape index (κ2) is 8.89. The van der Waals surface area contributed by atoms with Crippen LogP contribution in [-0.4, -0.2) is 50.6 Å².